The van der Waals surface area contributed by atoms with Gasteiger partial charge in [-0.05, 0) is 55.5 Å². The van der Waals surface area contributed by atoms with Crippen molar-refractivity contribution in [1.29, 1.82) is 0 Å². The molecule has 0 radical (unpaired) electrons. The number of ether oxygens (including phenoxy) is 1. The van der Waals surface area contributed by atoms with Gasteiger partial charge in [0.1, 0.15) is 5.75 Å². The summed E-state index contributed by atoms with van der Waals surface area (Å²) in [6.45, 7) is 3.57. The molecule has 2 aromatic rings. The largest absolute Gasteiger partial charge is 0.494 e. The molecule has 0 spiro atoms. The Labute approximate surface area is 189 Å². The number of carbonyl (C=O) groups excluding carboxylic acids is 3. The molecule has 176 valence electrons. The number of carbonyl (C=O) groups is 3. The summed E-state index contributed by atoms with van der Waals surface area (Å²) in [5, 5.41) is 0. The molecule has 3 rings (SSSR count). The Morgan fingerprint density at radius 1 is 0.818 bits per heavy atom. The molecule has 1 aliphatic heterocycles. The first kappa shape index (κ1) is 24.3. The van der Waals surface area contributed by atoms with E-state index in [0.29, 0.717) is 31.0 Å². The predicted molar refractivity (Wildman–Crippen MR) is 115 cm³/mol. The molecule has 1 fully saturated rings. The number of alkyl halides is 3. The minimum Gasteiger partial charge on any atom is -0.494 e. The van der Waals surface area contributed by atoms with Crippen LogP contribution in [0, 0.1) is 0 Å². The van der Waals surface area contributed by atoms with Crippen molar-refractivity contribution in [3.8, 4) is 5.75 Å². The van der Waals surface area contributed by atoms with E-state index in [1.165, 1.54) is 4.90 Å². The van der Waals surface area contributed by atoms with E-state index in [0.717, 1.165) is 24.3 Å². The van der Waals surface area contributed by atoms with Gasteiger partial charge in [0, 0.05) is 50.1 Å². The van der Waals surface area contributed by atoms with Gasteiger partial charge in [-0.2, -0.15) is 13.2 Å². The number of piperazine rings is 1. The van der Waals surface area contributed by atoms with Crippen LogP contribution in [0.15, 0.2) is 48.5 Å². The molecule has 0 N–H and O–H groups in total. The third kappa shape index (κ3) is 6.34. The Morgan fingerprint density at radius 2 is 1.36 bits per heavy atom. The van der Waals surface area contributed by atoms with Crippen LogP contribution in [0.1, 0.15) is 46.0 Å². The fourth-order valence-corrected chi connectivity index (χ4v) is 3.57. The van der Waals surface area contributed by atoms with E-state index < -0.39 is 11.7 Å². The zero-order valence-corrected chi connectivity index (χ0v) is 18.2. The molecule has 0 saturated carbocycles. The molecular weight excluding hydrogens is 437 g/mol. The van der Waals surface area contributed by atoms with Crippen LogP contribution in [0.5, 0.6) is 5.75 Å². The summed E-state index contributed by atoms with van der Waals surface area (Å²) in [4.78, 5) is 40.5. The van der Waals surface area contributed by atoms with Crippen LogP contribution < -0.4 is 4.74 Å². The van der Waals surface area contributed by atoms with Crippen LogP contribution in [0.4, 0.5) is 13.2 Å². The summed E-state index contributed by atoms with van der Waals surface area (Å²) in [6, 6.07) is 10.9. The summed E-state index contributed by atoms with van der Waals surface area (Å²) in [6.07, 6.45) is -4.31. The number of Topliss-reactive ketones (excluding diaryl/α,β-unsaturated/α-hetero) is 1. The highest BCUT2D eigenvalue weighted by Gasteiger charge is 2.31. The Morgan fingerprint density at radius 3 is 1.91 bits per heavy atom. The van der Waals surface area contributed by atoms with Crippen LogP contribution in [0.25, 0.3) is 0 Å². The Kier molecular flexibility index (Phi) is 7.73. The second kappa shape index (κ2) is 10.5. The van der Waals surface area contributed by atoms with Gasteiger partial charge < -0.3 is 14.5 Å². The summed E-state index contributed by atoms with van der Waals surface area (Å²) in [5.41, 5.74) is -0.129. The average molecular weight is 462 g/mol. The summed E-state index contributed by atoms with van der Waals surface area (Å²) in [5.74, 6) is -0.00577. The lowest BCUT2D eigenvalue weighted by molar-refractivity contribution is -0.137. The van der Waals surface area contributed by atoms with Crippen LogP contribution in [-0.4, -0.2) is 60.2 Å². The SMILES string of the molecule is CCOc1ccc(C(=O)CCC(=O)N2CCN(C(=O)c3ccc(C(F)(F)F)cc3)CC2)cc1. The van der Waals surface area contributed by atoms with Crippen molar-refractivity contribution in [2.45, 2.75) is 25.9 Å². The zero-order chi connectivity index (χ0) is 24.0. The van der Waals surface area contributed by atoms with Crippen LogP contribution in [-0.2, 0) is 11.0 Å². The number of hydrogen-bond donors (Lipinski definition) is 0. The van der Waals surface area contributed by atoms with Gasteiger partial charge in [0.15, 0.2) is 5.78 Å². The molecule has 2 aromatic carbocycles. The molecule has 0 aromatic heterocycles. The van der Waals surface area contributed by atoms with Crippen molar-refractivity contribution in [2.75, 3.05) is 32.8 Å². The maximum absolute atomic E-state index is 12.7. The average Bonchev–Trinajstić information content (AvgIpc) is 2.82. The van der Waals surface area contributed by atoms with Gasteiger partial charge in [-0.1, -0.05) is 0 Å². The smallest absolute Gasteiger partial charge is 0.416 e. The van der Waals surface area contributed by atoms with E-state index in [9.17, 15) is 27.6 Å². The molecule has 2 amide bonds. The molecule has 1 saturated heterocycles. The Hall–Kier alpha value is -3.36. The molecule has 1 aliphatic rings. The van der Waals surface area contributed by atoms with Gasteiger partial charge in [0.05, 0.1) is 12.2 Å². The van der Waals surface area contributed by atoms with Crippen molar-refractivity contribution in [1.82, 2.24) is 9.80 Å². The van der Waals surface area contributed by atoms with E-state index in [1.54, 1.807) is 29.2 Å². The summed E-state index contributed by atoms with van der Waals surface area (Å²) >= 11 is 0. The first-order valence-corrected chi connectivity index (χ1v) is 10.7. The zero-order valence-electron chi connectivity index (χ0n) is 18.2. The van der Waals surface area contributed by atoms with E-state index in [2.05, 4.69) is 0 Å². The molecule has 33 heavy (non-hydrogen) atoms. The fraction of sp³-hybridized carbons (Fsp3) is 0.375. The lowest BCUT2D eigenvalue weighted by atomic mass is 10.1. The third-order valence-corrected chi connectivity index (χ3v) is 5.43. The lowest BCUT2D eigenvalue weighted by Gasteiger charge is -2.35. The molecule has 6 nitrogen and oxygen atoms in total. The standard InChI is InChI=1S/C24H25F3N2O4/c1-2-33-20-9-5-17(6-10-20)21(30)11-12-22(31)28-13-15-29(16-14-28)23(32)18-3-7-19(8-4-18)24(25,26)27/h3-10H,2,11-16H2,1H3. The van der Waals surface area contributed by atoms with Gasteiger partial charge in [-0.15, -0.1) is 0 Å². The maximum Gasteiger partial charge on any atom is 0.416 e. The maximum atomic E-state index is 12.7. The number of ketones is 1. The normalized spacial score (nSPS) is 14.2. The molecule has 0 aliphatic carbocycles. The quantitative estimate of drug-likeness (QED) is 0.583. The highest BCUT2D eigenvalue weighted by atomic mass is 19.4. The lowest BCUT2D eigenvalue weighted by Crippen LogP contribution is -2.50. The van der Waals surface area contributed by atoms with E-state index in [4.69, 9.17) is 4.74 Å². The third-order valence-electron chi connectivity index (χ3n) is 5.43. The number of amides is 2. The molecule has 0 unspecified atom stereocenters. The number of hydrogen-bond acceptors (Lipinski definition) is 4. The molecular formula is C24H25F3N2O4. The first-order valence-electron chi connectivity index (χ1n) is 10.7. The molecule has 1 heterocycles. The van der Waals surface area contributed by atoms with Crippen molar-refractivity contribution >= 4 is 17.6 Å². The monoisotopic (exact) mass is 462 g/mol. The number of benzene rings is 2. The van der Waals surface area contributed by atoms with Crippen LogP contribution in [0.3, 0.4) is 0 Å². The van der Waals surface area contributed by atoms with Gasteiger partial charge in [-0.3, -0.25) is 14.4 Å². The van der Waals surface area contributed by atoms with Crippen LogP contribution >= 0.6 is 0 Å². The predicted octanol–water partition coefficient (Wildman–Crippen LogP) is 4.05. The second-order valence-electron chi connectivity index (χ2n) is 7.63. The van der Waals surface area contributed by atoms with Gasteiger partial charge in [0.25, 0.3) is 5.91 Å². The summed E-state index contributed by atoms with van der Waals surface area (Å²) in [7, 11) is 0. The molecule has 9 heteroatoms. The van der Waals surface area contributed by atoms with Crippen molar-refractivity contribution in [3.05, 3.63) is 65.2 Å². The van der Waals surface area contributed by atoms with Gasteiger partial charge in [0.2, 0.25) is 5.91 Å². The second-order valence-corrected chi connectivity index (χ2v) is 7.63. The minimum atomic E-state index is -4.46. The van der Waals surface area contributed by atoms with E-state index in [1.807, 2.05) is 6.92 Å². The number of halogens is 3. The van der Waals surface area contributed by atoms with Crippen molar-refractivity contribution in [3.63, 3.8) is 0 Å². The highest BCUT2D eigenvalue weighted by Crippen LogP contribution is 2.29. The van der Waals surface area contributed by atoms with Crippen LogP contribution in [0.2, 0.25) is 0 Å². The minimum absolute atomic E-state index is 0.0683. The first-order chi connectivity index (χ1) is 15.7. The fourth-order valence-electron chi connectivity index (χ4n) is 3.57. The van der Waals surface area contributed by atoms with E-state index >= 15 is 0 Å². The Bertz CT molecular complexity index is 980. The van der Waals surface area contributed by atoms with Gasteiger partial charge >= 0.3 is 6.18 Å². The van der Waals surface area contributed by atoms with E-state index in [-0.39, 0.29) is 49.1 Å². The number of rotatable bonds is 7. The van der Waals surface area contributed by atoms with Crippen molar-refractivity contribution < 1.29 is 32.3 Å². The summed E-state index contributed by atoms with van der Waals surface area (Å²) < 4.78 is 43.4. The highest BCUT2D eigenvalue weighted by molar-refractivity contribution is 5.98. The number of nitrogens with zero attached hydrogens (tertiary/aromatic N) is 2. The van der Waals surface area contributed by atoms with Crippen molar-refractivity contribution in [2.24, 2.45) is 0 Å². The van der Waals surface area contributed by atoms with Gasteiger partial charge in [-0.25, -0.2) is 0 Å². The topological polar surface area (TPSA) is 66.9 Å². The Balaban J connectivity index is 1.46. The molecule has 0 bridgehead atoms. The molecule has 0 atom stereocenters.